The summed E-state index contributed by atoms with van der Waals surface area (Å²) in [5.74, 6) is 1.14. The van der Waals surface area contributed by atoms with Gasteiger partial charge in [0.2, 0.25) is 11.0 Å². The quantitative estimate of drug-likeness (QED) is 0.758. The van der Waals surface area contributed by atoms with E-state index in [1.807, 2.05) is 38.1 Å². The highest BCUT2D eigenvalue weighted by molar-refractivity contribution is 7.15. The number of hydrogen-bond donors (Lipinski definition) is 2. The number of benzene rings is 1. The van der Waals surface area contributed by atoms with Crippen LogP contribution in [-0.4, -0.2) is 26.1 Å². The Morgan fingerprint density at radius 2 is 2.14 bits per heavy atom. The predicted octanol–water partition coefficient (Wildman–Crippen LogP) is 2.99. The van der Waals surface area contributed by atoms with Gasteiger partial charge in [0, 0.05) is 6.42 Å². The number of para-hydroxylation sites is 2. The maximum atomic E-state index is 11.7. The molecule has 1 amide bonds. The van der Waals surface area contributed by atoms with Crippen molar-refractivity contribution >= 4 is 33.4 Å². The maximum absolute atomic E-state index is 11.7. The summed E-state index contributed by atoms with van der Waals surface area (Å²) < 4.78 is 0. The molecule has 1 aromatic carbocycles. The van der Waals surface area contributed by atoms with Gasteiger partial charge >= 0.3 is 0 Å². The van der Waals surface area contributed by atoms with E-state index in [9.17, 15) is 4.79 Å². The van der Waals surface area contributed by atoms with E-state index < -0.39 is 0 Å². The van der Waals surface area contributed by atoms with Gasteiger partial charge < -0.3 is 10.3 Å². The van der Waals surface area contributed by atoms with Gasteiger partial charge in [-0.3, -0.25) is 4.79 Å². The number of amides is 1. The predicted molar refractivity (Wildman–Crippen MR) is 86.9 cm³/mol. The molecule has 2 aromatic heterocycles. The van der Waals surface area contributed by atoms with Crippen molar-refractivity contribution in [2.75, 3.05) is 5.32 Å². The lowest BCUT2D eigenvalue weighted by Gasteiger charge is -2.02. The first-order valence-corrected chi connectivity index (χ1v) is 7.97. The second-order valence-electron chi connectivity index (χ2n) is 5.52. The van der Waals surface area contributed by atoms with Crippen molar-refractivity contribution in [2.45, 2.75) is 26.7 Å². The molecule has 0 aliphatic rings. The van der Waals surface area contributed by atoms with Crippen LogP contribution in [0.5, 0.6) is 0 Å². The molecule has 0 radical (unpaired) electrons. The van der Waals surface area contributed by atoms with Gasteiger partial charge in [0.25, 0.3) is 0 Å². The Labute approximate surface area is 132 Å². The number of H-pyrrole nitrogens is 1. The Bertz CT molecular complexity index is 759. The zero-order chi connectivity index (χ0) is 15.5. The molecule has 0 atom stereocenters. The van der Waals surface area contributed by atoms with Gasteiger partial charge in [-0.05, 0) is 18.1 Å². The summed E-state index contributed by atoms with van der Waals surface area (Å²) in [6.45, 7) is 4.01. The van der Waals surface area contributed by atoms with Crippen LogP contribution in [0.1, 0.15) is 31.1 Å². The lowest BCUT2D eigenvalue weighted by atomic mass is 10.1. The average Bonchev–Trinajstić information content (AvgIpc) is 3.04. The SMILES string of the molecule is CC(C)CC(=O)Nc1nnc(Cc2nc3ccccc3[nH]2)s1. The molecule has 2 N–H and O–H groups in total. The fourth-order valence-electron chi connectivity index (χ4n) is 2.15. The minimum atomic E-state index is -0.0264. The fraction of sp³-hybridized carbons (Fsp3) is 0.333. The normalized spacial score (nSPS) is 11.2. The van der Waals surface area contributed by atoms with Gasteiger partial charge in [0.15, 0.2) is 0 Å². The minimum Gasteiger partial charge on any atom is -0.342 e. The van der Waals surface area contributed by atoms with Crippen molar-refractivity contribution in [1.29, 1.82) is 0 Å². The molecular formula is C15H17N5OS. The van der Waals surface area contributed by atoms with Crippen LogP contribution in [0.4, 0.5) is 5.13 Å². The summed E-state index contributed by atoms with van der Waals surface area (Å²) in [7, 11) is 0. The largest absolute Gasteiger partial charge is 0.342 e. The van der Waals surface area contributed by atoms with Crippen molar-refractivity contribution in [3.05, 3.63) is 35.1 Å². The molecule has 0 aliphatic heterocycles. The van der Waals surface area contributed by atoms with Gasteiger partial charge in [-0.1, -0.05) is 37.3 Å². The second kappa shape index (κ2) is 6.23. The molecule has 0 saturated carbocycles. The molecule has 0 bridgehead atoms. The van der Waals surface area contributed by atoms with E-state index in [0.717, 1.165) is 21.9 Å². The Hall–Kier alpha value is -2.28. The van der Waals surface area contributed by atoms with Crippen LogP contribution in [-0.2, 0) is 11.2 Å². The molecule has 6 nitrogen and oxygen atoms in total. The topological polar surface area (TPSA) is 83.6 Å². The van der Waals surface area contributed by atoms with Crippen LogP contribution in [0, 0.1) is 5.92 Å². The maximum Gasteiger partial charge on any atom is 0.226 e. The number of nitrogens with one attached hydrogen (secondary N) is 2. The summed E-state index contributed by atoms with van der Waals surface area (Å²) in [4.78, 5) is 19.5. The first-order chi connectivity index (χ1) is 10.6. The van der Waals surface area contributed by atoms with Crippen molar-refractivity contribution < 1.29 is 4.79 Å². The van der Waals surface area contributed by atoms with E-state index in [-0.39, 0.29) is 5.91 Å². The molecule has 114 valence electrons. The van der Waals surface area contributed by atoms with Gasteiger partial charge in [0.05, 0.1) is 17.5 Å². The lowest BCUT2D eigenvalue weighted by Crippen LogP contribution is -2.13. The molecule has 0 saturated heterocycles. The highest BCUT2D eigenvalue weighted by atomic mass is 32.1. The highest BCUT2D eigenvalue weighted by Gasteiger charge is 2.11. The van der Waals surface area contributed by atoms with E-state index in [4.69, 9.17) is 0 Å². The third-order valence-electron chi connectivity index (χ3n) is 3.06. The molecule has 7 heteroatoms. The second-order valence-corrected chi connectivity index (χ2v) is 6.59. The molecule has 0 aliphatic carbocycles. The number of imidazole rings is 1. The van der Waals surface area contributed by atoms with Crippen LogP contribution < -0.4 is 5.32 Å². The van der Waals surface area contributed by atoms with E-state index in [1.165, 1.54) is 11.3 Å². The summed E-state index contributed by atoms with van der Waals surface area (Å²) in [6, 6.07) is 7.88. The number of anilines is 1. The summed E-state index contributed by atoms with van der Waals surface area (Å²) in [5, 5.41) is 12.3. The van der Waals surface area contributed by atoms with E-state index in [1.54, 1.807) is 0 Å². The summed E-state index contributed by atoms with van der Waals surface area (Å²) in [5.41, 5.74) is 1.94. The third-order valence-corrected chi connectivity index (χ3v) is 3.90. The molecule has 0 fully saturated rings. The molecular weight excluding hydrogens is 298 g/mol. The zero-order valence-electron chi connectivity index (χ0n) is 12.5. The van der Waals surface area contributed by atoms with Crippen LogP contribution in [0.3, 0.4) is 0 Å². The summed E-state index contributed by atoms with van der Waals surface area (Å²) >= 11 is 1.38. The molecule has 0 spiro atoms. The minimum absolute atomic E-state index is 0.0264. The van der Waals surface area contributed by atoms with E-state index in [0.29, 0.717) is 23.9 Å². The van der Waals surface area contributed by atoms with Gasteiger partial charge in [-0.2, -0.15) is 0 Å². The summed E-state index contributed by atoms with van der Waals surface area (Å²) in [6.07, 6.45) is 1.06. The van der Waals surface area contributed by atoms with Crippen LogP contribution in [0.25, 0.3) is 11.0 Å². The van der Waals surface area contributed by atoms with E-state index >= 15 is 0 Å². The third kappa shape index (κ3) is 3.48. The van der Waals surface area contributed by atoms with Gasteiger partial charge in [-0.25, -0.2) is 4.98 Å². The number of aromatic nitrogens is 4. The number of nitrogens with zero attached hydrogens (tertiary/aromatic N) is 3. The van der Waals surface area contributed by atoms with Crippen LogP contribution >= 0.6 is 11.3 Å². The van der Waals surface area contributed by atoms with Crippen LogP contribution in [0.15, 0.2) is 24.3 Å². The number of carbonyl (C=O) groups is 1. The Morgan fingerprint density at radius 1 is 1.32 bits per heavy atom. The molecule has 2 heterocycles. The molecule has 0 unspecified atom stereocenters. The smallest absolute Gasteiger partial charge is 0.226 e. The van der Waals surface area contributed by atoms with Crippen molar-refractivity contribution in [1.82, 2.24) is 20.2 Å². The Morgan fingerprint density at radius 3 is 2.91 bits per heavy atom. The molecule has 3 rings (SSSR count). The molecule has 22 heavy (non-hydrogen) atoms. The van der Waals surface area contributed by atoms with E-state index in [2.05, 4.69) is 25.5 Å². The zero-order valence-corrected chi connectivity index (χ0v) is 13.3. The average molecular weight is 315 g/mol. The highest BCUT2D eigenvalue weighted by Crippen LogP contribution is 2.19. The number of hydrogen-bond acceptors (Lipinski definition) is 5. The van der Waals surface area contributed by atoms with Gasteiger partial charge in [-0.15, -0.1) is 10.2 Å². The van der Waals surface area contributed by atoms with Crippen molar-refractivity contribution in [3.63, 3.8) is 0 Å². The standard InChI is InChI=1S/C15H17N5OS/c1-9(2)7-13(21)18-15-20-19-14(22-15)8-12-16-10-5-3-4-6-11(10)17-12/h3-6,9H,7-8H2,1-2H3,(H,16,17)(H,18,20,21). The first kappa shape index (κ1) is 14.6. The first-order valence-electron chi connectivity index (χ1n) is 7.16. The van der Waals surface area contributed by atoms with Crippen molar-refractivity contribution in [3.8, 4) is 0 Å². The van der Waals surface area contributed by atoms with Gasteiger partial charge in [0.1, 0.15) is 10.8 Å². The van der Waals surface area contributed by atoms with Crippen LogP contribution in [0.2, 0.25) is 0 Å². The Balaban J connectivity index is 1.67. The Kier molecular flexibility index (Phi) is 4.15. The lowest BCUT2D eigenvalue weighted by molar-refractivity contribution is -0.116. The number of fused-ring (bicyclic) bond motifs is 1. The number of aromatic amines is 1. The monoisotopic (exact) mass is 315 g/mol. The number of carbonyl (C=O) groups excluding carboxylic acids is 1. The fourth-order valence-corrected chi connectivity index (χ4v) is 2.91. The van der Waals surface area contributed by atoms with Crippen molar-refractivity contribution in [2.24, 2.45) is 5.92 Å². The number of rotatable bonds is 5. The molecule has 3 aromatic rings.